The van der Waals surface area contributed by atoms with Gasteiger partial charge < -0.3 is 10.1 Å². The molecule has 9 heteroatoms. The van der Waals surface area contributed by atoms with Crippen LogP contribution in [0.5, 0.6) is 0 Å². The second kappa shape index (κ2) is 10.4. The van der Waals surface area contributed by atoms with E-state index in [-0.39, 0.29) is 17.1 Å². The lowest BCUT2D eigenvalue weighted by Crippen LogP contribution is -2.43. The number of ether oxygens (including phenoxy) is 1. The number of carbonyl (C=O) groups is 1. The van der Waals surface area contributed by atoms with Crippen molar-refractivity contribution in [3.05, 3.63) is 70.2 Å². The molecule has 37 heavy (non-hydrogen) atoms. The van der Waals surface area contributed by atoms with E-state index in [1.165, 1.54) is 17.0 Å². The van der Waals surface area contributed by atoms with Gasteiger partial charge in [0.15, 0.2) is 5.11 Å². The molecule has 1 unspecified atom stereocenters. The summed E-state index contributed by atoms with van der Waals surface area (Å²) in [4.78, 5) is 15.1. The largest absolute Gasteiger partial charge is 0.445 e. The Morgan fingerprint density at radius 2 is 1.76 bits per heavy atom. The molecule has 1 aliphatic heterocycles. The highest BCUT2D eigenvalue weighted by atomic mass is 35.5. The molecule has 4 nitrogen and oxygen atoms in total. The molecule has 0 aromatic heterocycles. The van der Waals surface area contributed by atoms with E-state index in [0.29, 0.717) is 22.4 Å². The van der Waals surface area contributed by atoms with Gasteiger partial charge in [-0.1, -0.05) is 63.1 Å². The van der Waals surface area contributed by atoms with E-state index < -0.39 is 29.4 Å². The predicted octanol–water partition coefficient (Wildman–Crippen LogP) is 8.10. The van der Waals surface area contributed by atoms with Crippen molar-refractivity contribution in [2.24, 2.45) is 17.8 Å². The Labute approximate surface area is 226 Å². The summed E-state index contributed by atoms with van der Waals surface area (Å²) in [6, 6.07) is 11.2. The molecule has 2 aliphatic rings. The van der Waals surface area contributed by atoms with Crippen LogP contribution in [0, 0.1) is 17.8 Å². The number of alkyl halides is 3. The summed E-state index contributed by atoms with van der Waals surface area (Å²) in [6.07, 6.45) is -2.49. The van der Waals surface area contributed by atoms with Crippen LogP contribution < -0.4 is 5.32 Å². The first-order valence-corrected chi connectivity index (χ1v) is 13.3. The van der Waals surface area contributed by atoms with E-state index in [2.05, 4.69) is 26.1 Å². The number of benzene rings is 2. The molecule has 4 rings (SSSR count). The SMILES string of the molecule is CC(C)[C@@H]1CC[C@@H](C)CC1OC(=O)N1C(=S)N[C@](C)(c2ccc(Cl)cc2)[C@@H]1c1ccc(C(F)(F)F)cc1. The molecule has 1 heterocycles. The number of halogens is 4. The van der Waals surface area contributed by atoms with Crippen LogP contribution in [0.3, 0.4) is 0 Å². The van der Waals surface area contributed by atoms with E-state index in [1.54, 1.807) is 12.1 Å². The van der Waals surface area contributed by atoms with Crippen molar-refractivity contribution in [2.45, 2.75) is 70.8 Å². The third-order valence-corrected chi connectivity index (χ3v) is 8.35. The van der Waals surface area contributed by atoms with Gasteiger partial charge in [-0.3, -0.25) is 0 Å². The van der Waals surface area contributed by atoms with Gasteiger partial charge in [-0.2, -0.15) is 13.2 Å². The van der Waals surface area contributed by atoms with Gasteiger partial charge in [0.1, 0.15) is 6.10 Å². The number of amides is 1. The Morgan fingerprint density at radius 3 is 2.32 bits per heavy atom. The molecule has 2 fully saturated rings. The summed E-state index contributed by atoms with van der Waals surface area (Å²) in [6.45, 7) is 8.29. The number of rotatable bonds is 4. The van der Waals surface area contributed by atoms with Gasteiger partial charge in [-0.25, -0.2) is 9.69 Å². The molecule has 1 saturated heterocycles. The number of carbonyl (C=O) groups excluding carboxylic acids is 1. The minimum atomic E-state index is -4.47. The first-order valence-electron chi connectivity index (χ1n) is 12.6. The fraction of sp³-hybridized carbons (Fsp3) is 0.500. The van der Waals surface area contributed by atoms with Gasteiger partial charge in [-0.15, -0.1) is 0 Å². The maximum absolute atomic E-state index is 13.8. The zero-order valence-electron chi connectivity index (χ0n) is 21.3. The zero-order chi connectivity index (χ0) is 27.1. The van der Waals surface area contributed by atoms with Crippen LogP contribution in [0.4, 0.5) is 18.0 Å². The van der Waals surface area contributed by atoms with Crippen LogP contribution in [-0.4, -0.2) is 22.2 Å². The van der Waals surface area contributed by atoms with Crippen molar-refractivity contribution >= 4 is 35.0 Å². The molecule has 1 N–H and O–H groups in total. The van der Waals surface area contributed by atoms with E-state index in [1.807, 2.05) is 19.1 Å². The van der Waals surface area contributed by atoms with Crippen molar-refractivity contribution in [1.29, 1.82) is 0 Å². The Balaban J connectivity index is 1.73. The lowest BCUT2D eigenvalue weighted by Gasteiger charge is -2.38. The van der Waals surface area contributed by atoms with Crippen molar-refractivity contribution < 1.29 is 22.7 Å². The molecular weight excluding hydrogens is 521 g/mol. The molecule has 1 aliphatic carbocycles. The van der Waals surface area contributed by atoms with Gasteiger partial charge in [-0.05, 0) is 85.1 Å². The highest BCUT2D eigenvalue weighted by Gasteiger charge is 2.52. The smallest absolute Gasteiger partial charge is 0.417 e. The Kier molecular flexibility index (Phi) is 7.82. The molecule has 0 spiro atoms. The minimum Gasteiger partial charge on any atom is -0.445 e. The molecule has 2 aromatic rings. The Morgan fingerprint density at radius 1 is 1.14 bits per heavy atom. The van der Waals surface area contributed by atoms with Crippen molar-refractivity contribution in [3.63, 3.8) is 0 Å². The van der Waals surface area contributed by atoms with Crippen molar-refractivity contribution in [2.75, 3.05) is 0 Å². The quantitative estimate of drug-likeness (QED) is 0.389. The molecule has 1 amide bonds. The average molecular weight is 553 g/mol. The van der Waals surface area contributed by atoms with E-state index >= 15 is 0 Å². The van der Waals surface area contributed by atoms with Crippen molar-refractivity contribution in [3.8, 4) is 0 Å². The second-order valence-corrected chi connectivity index (χ2v) is 11.6. The van der Waals surface area contributed by atoms with Crippen LogP contribution >= 0.6 is 23.8 Å². The maximum Gasteiger partial charge on any atom is 0.417 e. The first-order chi connectivity index (χ1) is 17.3. The summed E-state index contributed by atoms with van der Waals surface area (Å²) in [7, 11) is 0. The van der Waals surface area contributed by atoms with Crippen LogP contribution in [0.25, 0.3) is 0 Å². The molecule has 0 radical (unpaired) electrons. The van der Waals surface area contributed by atoms with Crippen LogP contribution in [0.1, 0.15) is 69.7 Å². The summed E-state index contributed by atoms with van der Waals surface area (Å²) in [5.74, 6) is 1.01. The second-order valence-electron chi connectivity index (χ2n) is 10.8. The number of hydrogen-bond donors (Lipinski definition) is 1. The van der Waals surface area contributed by atoms with Crippen LogP contribution in [0.2, 0.25) is 5.02 Å². The highest BCUT2D eigenvalue weighted by Crippen LogP contribution is 2.46. The van der Waals surface area contributed by atoms with E-state index in [0.717, 1.165) is 37.0 Å². The summed E-state index contributed by atoms with van der Waals surface area (Å²) in [5.41, 5.74) is -0.404. The number of nitrogens with one attached hydrogen (secondary N) is 1. The lowest BCUT2D eigenvalue weighted by molar-refractivity contribution is -0.137. The summed E-state index contributed by atoms with van der Waals surface area (Å²) >= 11 is 11.7. The van der Waals surface area contributed by atoms with Gasteiger partial charge in [0.2, 0.25) is 0 Å². The van der Waals surface area contributed by atoms with Gasteiger partial charge >= 0.3 is 12.3 Å². The average Bonchev–Trinajstić information content (AvgIpc) is 3.09. The molecular formula is C28H32ClF3N2O2S. The molecule has 2 aromatic carbocycles. The van der Waals surface area contributed by atoms with Gasteiger partial charge in [0.05, 0.1) is 17.1 Å². The van der Waals surface area contributed by atoms with E-state index in [9.17, 15) is 18.0 Å². The van der Waals surface area contributed by atoms with Crippen LogP contribution in [-0.2, 0) is 16.5 Å². The van der Waals surface area contributed by atoms with Crippen LogP contribution in [0.15, 0.2) is 48.5 Å². The molecule has 200 valence electrons. The number of thiocarbonyl (C=S) groups is 1. The summed E-state index contributed by atoms with van der Waals surface area (Å²) < 4.78 is 46.0. The maximum atomic E-state index is 13.8. The molecule has 5 atom stereocenters. The minimum absolute atomic E-state index is 0.164. The number of hydrogen-bond acceptors (Lipinski definition) is 3. The third-order valence-electron chi connectivity index (χ3n) is 7.80. The summed E-state index contributed by atoms with van der Waals surface area (Å²) in [5, 5.41) is 3.97. The standard InChI is InChI=1S/C28H32ClF3N2O2S/c1-16(2)22-14-5-17(3)15-23(22)36-26(35)34-24(18-6-8-20(9-7-18)28(30,31)32)27(4,33-25(34)37)19-10-12-21(29)13-11-19/h6-13,16-17,22-24H,5,14-15H2,1-4H3,(H,33,37)/t17-,22+,23?,24+,27-/m1/s1. The molecule has 1 saturated carbocycles. The predicted molar refractivity (Wildman–Crippen MR) is 142 cm³/mol. The third kappa shape index (κ3) is 5.60. The topological polar surface area (TPSA) is 41.6 Å². The van der Waals surface area contributed by atoms with Crippen molar-refractivity contribution in [1.82, 2.24) is 10.2 Å². The Hall–Kier alpha value is -2.32. The Bertz CT molecular complexity index is 1140. The fourth-order valence-corrected chi connectivity index (χ4v) is 6.23. The first kappa shape index (κ1) is 27.7. The zero-order valence-corrected chi connectivity index (χ0v) is 22.9. The van der Waals surface area contributed by atoms with E-state index in [4.69, 9.17) is 28.6 Å². The highest BCUT2D eigenvalue weighted by molar-refractivity contribution is 7.80. The number of nitrogens with zero attached hydrogens (tertiary/aromatic N) is 1. The lowest BCUT2D eigenvalue weighted by atomic mass is 9.75. The fourth-order valence-electron chi connectivity index (χ4n) is 5.71. The van der Waals surface area contributed by atoms with Gasteiger partial charge in [0, 0.05) is 5.02 Å². The molecule has 0 bridgehead atoms. The van der Waals surface area contributed by atoms with Gasteiger partial charge in [0.25, 0.3) is 0 Å². The normalized spacial score (nSPS) is 28.4. The monoisotopic (exact) mass is 552 g/mol.